The lowest BCUT2D eigenvalue weighted by Gasteiger charge is -2.31. The Morgan fingerprint density at radius 1 is 1.14 bits per heavy atom. The van der Waals surface area contributed by atoms with E-state index < -0.39 is 16.1 Å². The quantitative estimate of drug-likeness (QED) is 0.529. The van der Waals surface area contributed by atoms with Crippen molar-refractivity contribution >= 4 is 15.9 Å². The highest BCUT2D eigenvalue weighted by molar-refractivity contribution is 7.89. The van der Waals surface area contributed by atoms with Crippen molar-refractivity contribution in [3.05, 3.63) is 59.7 Å². The van der Waals surface area contributed by atoms with Gasteiger partial charge in [-0.15, -0.1) is 0 Å². The molecule has 1 aliphatic heterocycles. The summed E-state index contributed by atoms with van der Waals surface area (Å²) < 4.78 is 33.1. The number of pyridine rings is 1. The van der Waals surface area contributed by atoms with Gasteiger partial charge in [-0.2, -0.15) is 9.29 Å². The first-order valence-electron chi connectivity index (χ1n) is 11.8. The first-order chi connectivity index (χ1) is 16.7. The van der Waals surface area contributed by atoms with Crippen molar-refractivity contribution in [3.63, 3.8) is 0 Å². The van der Waals surface area contributed by atoms with Gasteiger partial charge in [0.05, 0.1) is 4.90 Å². The zero-order valence-corrected chi connectivity index (χ0v) is 21.2. The second-order valence-electron chi connectivity index (χ2n) is 9.35. The summed E-state index contributed by atoms with van der Waals surface area (Å²) in [7, 11) is -3.59. The van der Waals surface area contributed by atoms with Gasteiger partial charge in [-0.05, 0) is 68.0 Å². The van der Waals surface area contributed by atoms with Crippen molar-refractivity contribution in [2.75, 3.05) is 13.1 Å². The van der Waals surface area contributed by atoms with E-state index in [1.807, 2.05) is 39.8 Å². The largest absolute Gasteiger partial charge is 0.344 e. The standard InChI is InChI=1S/C25H31N5O4S/c1-16(2)22(25-28-23(29-34-25)20-6-5-11-26-15-20)27-24(31)19-9-12-30(13-10-19)35(32,33)21-8-7-17(3)18(4)14-21/h5-8,11,14-16,19,22H,9-10,12-13H2,1-4H3,(H,27,31). The lowest BCUT2D eigenvalue weighted by molar-refractivity contribution is -0.127. The minimum absolute atomic E-state index is 0.0198. The maximum Gasteiger partial charge on any atom is 0.249 e. The van der Waals surface area contributed by atoms with Crippen molar-refractivity contribution in [2.45, 2.75) is 51.5 Å². The first kappa shape index (κ1) is 25.0. The fourth-order valence-electron chi connectivity index (χ4n) is 4.14. The second kappa shape index (κ2) is 10.2. The number of benzene rings is 1. The van der Waals surface area contributed by atoms with E-state index in [9.17, 15) is 13.2 Å². The van der Waals surface area contributed by atoms with Crippen molar-refractivity contribution < 1.29 is 17.7 Å². The molecule has 0 spiro atoms. The van der Waals surface area contributed by atoms with Crippen LogP contribution in [0.4, 0.5) is 0 Å². The molecule has 0 saturated carbocycles. The van der Waals surface area contributed by atoms with Crippen molar-refractivity contribution in [1.82, 2.24) is 24.7 Å². The van der Waals surface area contributed by atoms with Crippen LogP contribution in [0.25, 0.3) is 11.4 Å². The van der Waals surface area contributed by atoms with Gasteiger partial charge in [-0.3, -0.25) is 9.78 Å². The lowest BCUT2D eigenvalue weighted by atomic mass is 9.95. The van der Waals surface area contributed by atoms with Crippen LogP contribution in [0.1, 0.15) is 49.7 Å². The van der Waals surface area contributed by atoms with Crippen LogP contribution in [-0.2, 0) is 14.8 Å². The van der Waals surface area contributed by atoms with Gasteiger partial charge in [0.2, 0.25) is 27.6 Å². The molecule has 1 saturated heterocycles. The average Bonchev–Trinajstić information content (AvgIpc) is 3.34. The number of aryl methyl sites for hydroxylation is 2. The predicted octanol–water partition coefficient (Wildman–Crippen LogP) is 3.66. The first-order valence-corrected chi connectivity index (χ1v) is 13.2. The van der Waals surface area contributed by atoms with Gasteiger partial charge in [-0.1, -0.05) is 25.1 Å². The molecule has 1 N–H and O–H groups in total. The smallest absolute Gasteiger partial charge is 0.249 e. The van der Waals surface area contributed by atoms with Gasteiger partial charge < -0.3 is 9.84 Å². The van der Waals surface area contributed by atoms with Crippen LogP contribution in [0.15, 0.2) is 52.1 Å². The summed E-state index contributed by atoms with van der Waals surface area (Å²) in [5.74, 6) is 0.349. The van der Waals surface area contributed by atoms with E-state index in [4.69, 9.17) is 4.52 Å². The van der Waals surface area contributed by atoms with Crippen molar-refractivity contribution in [1.29, 1.82) is 0 Å². The van der Waals surface area contributed by atoms with Gasteiger partial charge in [0.25, 0.3) is 0 Å². The molecule has 3 heterocycles. The molecule has 1 aromatic carbocycles. The molecular formula is C25H31N5O4S. The van der Waals surface area contributed by atoms with E-state index in [2.05, 4.69) is 20.4 Å². The Hall–Kier alpha value is -3.11. The SMILES string of the molecule is Cc1ccc(S(=O)(=O)N2CCC(C(=O)NC(c3nc(-c4cccnc4)no3)C(C)C)CC2)cc1C. The van der Waals surface area contributed by atoms with Crippen molar-refractivity contribution in [2.24, 2.45) is 11.8 Å². The third-order valence-corrected chi connectivity index (χ3v) is 8.43. The van der Waals surface area contributed by atoms with Crippen LogP contribution in [-0.4, -0.2) is 46.8 Å². The molecule has 1 unspecified atom stereocenters. The Morgan fingerprint density at radius 2 is 1.89 bits per heavy atom. The summed E-state index contributed by atoms with van der Waals surface area (Å²) in [6, 6.07) is 8.36. The molecule has 1 fully saturated rings. The lowest BCUT2D eigenvalue weighted by Crippen LogP contribution is -2.44. The topological polar surface area (TPSA) is 118 Å². The normalized spacial score (nSPS) is 16.4. The summed E-state index contributed by atoms with van der Waals surface area (Å²) >= 11 is 0. The van der Waals surface area contributed by atoms with Gasteiger partial charge in [-0.25, -0.2) is 8.42 Å². The van der Waals surface area contributed by atoms with E-state index in [-0.39, 0.29) is 17.7 Å². The number of carbonyl (C=O) groups excluding carboxylic acids is 1. The Balaban J connectivity index is 1.40. The molecule has 35 heavy (non-hydrogen) atoms. The summed E-state index contributed by atoms with van der Waals surface area (Å²) in [6.45, 7) is 8.39. The summed E-state index contributed by atoms with van der Waals surface area (Å²) in [5.41, 5.74) is 2.72. The molecule has 2 aromatic heterocycles. The number of piperidine rings is 1. The van der Waals surface area contributed by atoms with Crippen LogP contribution < -0.4 is 5.32 Å². The molecule has 0 radical (unpaired) electrons. The van der Waals surface area contributed by atoms with Crippen LogP contribution in [0.5, 0.6) is 0 Å². The third kappa shape index (κ3) is 5.43. The van der Waals surface area contributed by atoms with Gasteiger partial charge in [0.1, 0.15) is 6.04 Å². The Morgan fingerprint density at radius 3 is 2.51 bits per heavy atom. The van der Waals surface area contributed by atoms with Crippen LogP contribution >= 0.6 is 0 Å². The van der Waals surface area contributed by atoms with Gasteiger partial charge in [0, 0.05) is 37.0 Å². The second-order valence-corrected chi connectivity index (χ2v) is 11.3. The molecule has 4 rings (SSSR count). The highest BCUT2D eigenvalue weighted by atomic mass is 32.2. The predicted molar refractivity (Wildman–Crippen MR) is 131 cm³/mol. The number of hydrogen-bond donors (Lipinski definition) is 1. The maximum atomic E-state index is 13.1. The van der Waals surface area contributed by atoms with Crippen LogP contribution in [0.3, 0.4) is 0 Å². The van der Waals surface area contributed by atoms with Gasteiger partial charge in [0.15, 0.2) is 0 Å². The zero-order valence-electron chi connectivity index (χ0n) is 20.4. The Kier molecular flexibility index (Phi) is 7.32. The number of nitrogens with one attached hydrogen (secondary N) is 1. The maximum absolute atomic E-state index is 13.1. The molecule has 186 valence electrons. The highest BCUT2D eigenvalue weighted by Crippen LogP contribution is 2.28. The number of nitrogens with zero attached hydrogens (tertiary/aromatic N) is 4. The van der Waals surface area contributed by atoms with Gasteiger partial charge >= 0.3 is 0 Å². The molecule has 0 bridgehead atoms. The van der Waals surface area contributed by atoms with E-state index >= 15 is 0 Å². The number of carbonyl (C=O) groups is 1. The van der Waals surface area contributed by atoms with E-state index in [0.717, 1.165) is 16.7 Å². The minimum atomic E-state index is -3.59. The molecule has 9 nitrogen and oxygen atoms in total. The number of hydrogen-bond acceptors (Lipinski definition) is 7. The molecule has 10 heteroatoms. The Labute approximate surface area is 206 Å². The van der Waals surface area contributed by atoms with Crippen LogP contribution in [0, 0.1) is 25.7 Å². The Bertz CT molecular complexity index is 1280. The average molecular weight is 498 g/mol. The summed E-state index contributed by atoms with van der Waals surface area (Å²) in [6.07, 6.45) is 4.22. The molecule has 1 atom stereocenters. The molecule has 0 aliphatic carbocycles. The molecular weight excluding hydrogens is 466 g/mol. The number of sulfonamides is 1. The summed E-state index contributed by atoms with van der Waals surface area (Å²) in [4.78, 5) is 21.9. The number of aromatic nitrogens is 3. The fraction of sp³-hybridized carbons (Fsp3) is 0.440. The van der Waals surface area contributed by atoms with E-state index in [1.165, 1.54) is 4.31 Å². The van der Waals surface area contributed by atoms with E-state index in [1.54, 1.807) is 30.6 Å². The third-order valence-electron chi connectivity index (χ3n) is 6.53. The van der Waals surface area contributed by atoms with Crippen molar-refractivity contribution in [3.8, 4) is 11.4 Å². The highest BCUT2D eigenvalue weighted by Gasteiger charge is 2.34. The number of rotatable bonds is 7. The molecule has 3 aromatic rings. The summed E-state index contributed by atoms with van der Waals surface area (Å²) in [5, 5.41) is 7.08. The monoisotopic (exact) mass is 497 g/mol. The molecule has 1 aliphatic rings. The fourth-order valence-corrected chi connectivity index (χ4v) is 5.70. The minimum Gasteiger partial charge on any atom is -0.344 e. The van der Waals surface area contributed by atoms with Crippen LogP contribution in [0.2, 0.25) is 0 Å². The molecule has 1 amide bonds. The zero-order chi connectivity index (χ0) is 25.2. The van der Waals surface area contributed by atoms with E-state index in [0.29, 0.717) is 42.5 Å². The number of amides is 1.